The van der Waals surface area contributed by atoms with Crippen LogP contribution >= 0.6 is 23.2 Å². The van der Waals surface area contributed by atoms with Crippen LogP contribution in [0.2, 0.25) is 0 Å². The maximum absolute atomic E-state index is 12.4. The van der Waals surface area contributed by atoms with Crippen molar-refractivity contribution in [1.82, 2.24) is 0 Å². The van der Waals surface area contributed by atoms with Gasteiger partial charge < -0.3 is 0 Å². The fourth-order valence-corrected chi connectivity index (χ4v) is 0.642. The molecule has 0 heterocycles. The number of hydrogen-bond donors (Lipinski definition) is 0. The number of halogens is 10. The third-order valence-electron chi connectivity index (χ3n) is 1.32. The molecular weight excluding hydrogens is 323 g/mol. The van der Waals surface area contributed by atoms with Crippen LogP contribution in [-0.2, 0) is 0 Å². The monoisotopic (exact) mass is 324 g/mol. The lowest BCUT2D eigenvalue weighted by molar-refractivity contribution is -0.0740. The third-order valence-corrected chi connectivity index (χ3v) is 1.98. The van der Waals surface area contributed by atoms with Crippen molar-refractivity contribution in [1.29, 1.82) is 0 Å². The molecule has 0 unspecified atom stereocenters. The summed E-state index contributed by atoms with van der Waals surface area (Å²) in [4.78, 5) is 0. The van der Waals surface area contributed by atoms with Crippen molar-refractivity contribution in [2.24, 2.45) is 10.2 Å². The molecule has 0 rings (SSSR count). The van der Waals surface area contributed by atoms with E-state index in [2.05, 4.69) is 33.4 Å². The molecule has 0 aromatic rings. The summed E-state index contributed by atoms with van der Waals surface area (Å²) in [6.45, 7) is 0. The zero-order valence-electron chi connectivity index (χ0n) is 7.83. The maximum Gasteiger partial charge on any atom is 0.361 e. The number of nitrogens with zero attached hydrogens (tertiary/aromatic N) is 2. The van der Waals surface area contributed by atoms with E-state index >= 15 is 0 Å². The lowest BCUT2D eigenvalue weighted by atomic mass is 10.4. The van der Waals surface area contributed by atoms with Crippen LogP contribution in [0.25, 0.3) is 0 Å². The number of rotatable bonds is 5. The van der Waals surface area contributed by atoms with Crippen LogP contribution in [0.5, 0.6) is 0 Å². The van der Waals surface area contributed by atoms with Gasteiger partial charge in [0, 0.05) is 0 Å². The summed E-state index contributed by atoms with van der Waals surface area (Å²) in [7, 11) is 0. The summed E-state index contributed by atoms with van der Waals surface area (Å²) < 4.78 is 96.3. The van der Waals surface area contributed by atoms with Gasteiger partial charge in [0.1, 0.15) is 0 Å². The largest absolute Gasteiger partial charge is 0.361 e. The Hall–Kier alpha value is -0.640. The van der Waals surface area contributed by atoms with E-state index in [1.165, 1.54) is 0 Å². The van der Waals surface area contributed by atoms with Gasteiger partial charge in [-0.2, -0.15) is 17.6 Å². The second-order valence-corrected chi connectivity index (χ2v) is 3.34. The molecule has 18 heavy (non-hydrogen) atoms. The molecule has 2 nitrogen and oxygen atoms in total. The molecule has 0 N–H and O–H groups in total. The average Bonchev–Trinajstić information content (AvgIpc) is 2.24. The van der Waals surface area contributed by atoms with Crippen molar-refractivity contribution < 1.29 is 35.1 Å². The summed E-state index contributed by atoms with van der Waals surface area (Å²) in [6.07, 6.45) is -8.56. The van der Waals surface area contributed by atoms with Gasteiger partial charge in [0.25, 0.3) is 0 Å². The van der Waals surface area contributed by atoms with E-state index < -0.39 is 35.0 Å². The minimum atomic E-state index is -4.96. The Bertz CT molecular complexity index is 319. The standard InChI is InChI=1S/C6H2Cl2F8N2/c7-1(5(13,14)3(9)10)17-18-2(8)6(15,16)4(11)12/h3-4H. The predicted octanol–water partition coefficient (Wildman–Crippen LogP) is 3.98. The molecule has 0 saturated heterocycles. The molecule has 0 fully saturated rings. The topological polar surface area (TPSA) is 24.7 Å². The zero-order valence-corrected chi connectivity index (χ0v) is 9.34. The van der Waals surface area contributed by atoms with E-state index in [-0.39, 0.29) is 0 Å². The molecule has 0 spiro atoms. The van der Waals surface area contributed by atoms with Crippen molar-refractivity contribution in [2.45, 2.75) is 24.7 Å². The maximum atomic E-state index is 12.4. The van der Waals surface area contributed by atoms with Crippen molar-refractivity contribution >= 4 is 33.5 Å². The smallest absolute Gasteiger partial charge is 0.203 e. The quantitative estimate of drug-likeness (QED) is 0.415. The molecular formula is C6H2Cl2F8N2. The number of alkyl halides is 8. The van der Waals surface area contributed by atoms with Gasteiger partial charge in [0.05, 0.1) is 0 Å². The van der Waals surface area contributed by atoms with E-state index in [0.29, 0.717) is 0 Å². The van der Waals surface area contributed by atoms with Crippen molar-refractivity contribution in [3.63, 3.8) is 0 Å². The van der Waals surface area contributed by atoms with E-state index in [1.807, 2.05) is 0 Å². The Morgan fingerprint density at radius 1 is 0.722 bits per heavy atom. The van der Waals surface area contributed by atoms with Crippen LogP contribution in [0.4, 0.5) is 35.1 Å². The molecule has 0 aromatic heterocycles. The molecule has 0 aromatic carbocycles. The minimum Gasteiger partial charge on any atom is -0.203 e. The molecule has 0 amide bonds. The molecule has 0 bridgehead atoms. The Morgan fingerprint density at radius 3 is 1.11 bits per heavy atom. The Balaban J connectivity index is 5.14. The normalized spacial score (nSPS) is 15.8. The first-order chi connectivity index (χ1) is 7.94. The van der Waals surface area contributed by atoms with Gasteiger partial charge in [-0.15, -0.1) is 10.2 Å². The second kappa shape index (κ2) is 6.00. The summed E-state index contributed by atoms with van der Waals surface area (Å²) >= 11 is 9.13. The van der Waals surface area contributed by atoms with E-state index in [0.717, 1.165) is 0 Å². The highest BCUT2D eigenvalue weighted by Crippen LogP contribution is 2.29. The number of hydrogen-bond acceptors (Lipinski definition) is 2. The van der Waals surface area contributed by atoms with Gasteiger partial charge in [-0.3, -0.25) is 0 Å². The molecule has 0 radical (unpaired) electrons. The predicted molar refractivity (Wildman–Crippen MR) is 48.5 cm³/mol. The fraction of sp³-hybridized carbons (Fsp3) is 0.667. The molecule has 106 valence electrons. The molecule has 0 atom stereocenters. The fourth-order valence-electron chi connectivity index (χ4n) is 0.401. The van der Waals surface area contributed by atoms with Crippen LogP contribution in [0.15, 0.2) is 10.2 Å². The van der Waals surface area contributed by atoms with Crippen LogP contribution in [0.3, 0.4) is 0 Å². The van der Waals surface area contributed by atoms with Gasteiger partial charge in [-0.05, 0) is 0 Å². The molecule has 0 aliphatic carbocycles. The van der Waals surface area contributed by atoms with E-state index in [1.54, 1.807) is 0 Å². The average molecular weight is 325 g/mol. The van der Waals surface area contributed by atoms with Gasteiger partial charge in [-0.1, -0.05) is 23.2 Å². The minimum absolute atomic E-state index is 2.06. The first-order valence-electron chi connectivity index (χ1n) is 3.73. The lowest BCUT2D eigenvalue weighted by Crippen LogP contribution is -2.34. The molecule has 0 aliphatic heterocycles. The van der Waals surface area contributed by atoms with Gasteiger partial charge in [0.15, 0.2) is 0 Å². The van der Waals surface area contributed by atoms with Crippen LogP contribution in [0.1, 0.15) is 0 Å². The van der Waals surface area contributed by atoms with E-state index in [4.69, 9.17) is 0 Å². The SMILES string of the molecule is FC(F)C(F)(F)C(Cl)=NN=C(Cl)C(F)(F)C(F)F. The molecule has 0 aliphatic rings. The van der Waals surface area contributed by atoms with Crippen LogP contribution in [0, 0.1) is 0 Å². The third kappa shape index (κ3) is 3.94. The van der Waals surface area contributed by atoms with Gasteiger partial charge in [0.2, 0.25) is 10.3 Å². The van der Waals surface area contributed by atoms with Crippen molar-refractivity contribution in [3.8, 4) is 0 Å². The van der Waals surface area contributed by atoms with Crippen LogP contribution in [-0.4, -0.2) is 35.0 Å². The Labute approximate surface area is 104 Å². The lowest BCUT2D eigenvalue weighted by Gasteiger charge is -2.13. The Morgan fingerprint density at radius 2 is 0.944 bits per heavy atom. The summed E-state index contributed by atoms with van der Waals surface area (Å²) in [5.74, 6) is -9.91. The first-order valence-corrected chi connectivity index (χ1v) is 4.49. The van der Waals surface area contributed by atoms with Gasteiger partial charge >= 0.3 is 24.7 Å². The first kappa shape index (κ1) is 17.4. The summed E-state index contributed by atoms with van der Waals surface area (Å²) in [5.41, 5.74) is 0. The highest BCUT2D eigenvalue weighted by molar-refractivity contribution is 6.68. The van der Waals surface area contributed by atoms with Crippen LogP contribution < -0.4 is 0 Å². The van der Waals surface area contributed by atoms with Crippen molar-refractivity contribution in [2.75, 3.05) is 0 Å². The molecule has 12 heteroatoms. The Kier molecular flexibility index (Phi) is 5.79. The summed E-state index contributed by atoms with van der Waals surface area (Å²) in [5, 5.41) is -0.211. The highest BCUT2D eigenvalue weighted by Gasteiger charge is 2.48. The van der Waals surface area contributed by atoms with Crippen molar-refractivity contribution in [3.05, 3.63) is 0 Å². The van der Waals surface area contributed by atoms with Gasteiger partial charge in [-0.25, -0.2) is 17.6 Å². The zero-order chi connectivity index (χ0) is 14.7. The highest BCUT2D eigenvalue weighted by atomic mass is 35.5. The second-order valence-electron chi connectivity index (χ2n) is 2.63. The summed E-state index contributed by atoms with van der Waals surface area (Å²) in [6, 6.07) is 0. The molecule has 0 saturated carbocycles. The van der Waals surface area contributed by atoms with E-state index in [9.17, 15) is 35.1 Å².